The Hall–Kier alpha value is -1.15. The zero-order chi connectivity index (χ0) is 16.8. The minimum Gasteiger partial charge on any atom is -0.350 e. The van der Waals surface area contributed by atoms with E-state index >= 15 is 0 Å². The standard InChI is InChI=1S/C17H20N2O3S2/c1-16(2)21-10-17(11-22-16)8-19(9-17)14(20)7-23-15-18-12-5-3-4-6-13(12)24-15/h3-6H,7-11H2,1-2H3. The third-order valence-electron chi connectivity index (χ3n) is 4.45. The molecule has 1 aromatic heterocycles. The van der Waals surface area contributed by atoms with Crippen molar-refractivity contribution < 1.29 is 14.3 Å². The van der Waals surface area contributed by atoms with Crippen molar-refractivity contribution in [2.24, 2.45) is 5.41 Å². The van der Waals surface area contributed by atoms with Crippen LogP contribution >= 0.6 is 23.1 Å². The van der Waals surface area contributed by atoms with Crippen molar-refractivity contribution in [3.63, 3.8) is 0 Å². The number of thioether (sulfide) groups is 1. The van der Waals surface area contributed by atoms with Crippen LogP contribution in [0.3, 0.4) is 0 Å². The molecule has 0 unspecified atom stereocenters. The highest BCUT2D eigenvalue weighted by atomic mass is 32.2. The average molecular weight is 364 g/mol. The second-order valence-electron chi connectivity index (χ2n) is 6.96. The number of likely N-dealkylation sites (tertiary alicyclic amines) is 1. The lowest BCUT2D eigenvalue weighted by atomic mass is 9.80. The molecule has 2 fully saturated rings. The van der Waals surface area contributed by atoms with Gasteiger partial charge in [0.1, 0.15) is 0 Å². The molecule has 0 saturated carbocycles. The maximum absolute atomic E-state index is 12.4. The summed E-state index contributed by atoms with van der Waals surface area (Å²) in [5, 5.41) is 0. The monoisotopic (exact) mass is 364 g/mol. The topological polar surface area (TPSA) is 51.7 Å². The van der Waals surface area contributed by atoms with Gasteiger partial charge in [-0.3, -0.25) is 4.79 Å². The van der Waals surface area contributed by atoms with E-state index in [0.717, 1.165) is 27.6 Å². The van der Waals surface area contributed by atoms with Gasteiger partial charge in [0.2, 0.25) is 5.91 Å². The number of carbonyl (C=O) groups excluding carboxylic acids is 1. The number of hydrogen-bond donors (Lipinski definition) is 0. The van der Waals surface area contributed by atoms with E-state index in [-0.39, 0.29) is 11.3 Å². The van der Waals surface area contributed by atoms with Crippen LogP contribution < -0.4 is 0 Å². The number of hydrogen-bond acceptors (Lipinski definition) is 6. The Morgan fingerprint density at radius 2 is 2.00 bits per heavy atom. The average Bonchev–Trinajstić information content (AvgIpc) is 2.94. The molecule has 2 aliphatic heterocycles. The predicted octanol–water partition coefficient (Wildman–Crippen LogP) is 3.00. The van der Waals surface area contributed by atoms with Gasteiger partial charge in [0.15, 0.2) is 10.1 Å². The van der Waals surface area contributed by atoms with Crippen LogP contribution in [-0.2, 0) is 14.3 Å². The first-order chi connectivity index (χ1) is 11.4. The third kappa shape index (κ3) is 3.18. The van der Waals surface area contributed by atoms with E-state index in [1.54, 1.807) is 11.3 Å². The molecule has 1 spiro atoms. The third-order valence-corrected chi connectivity index (χ3v) is 6.61. The van der Waals surface area contributed by atoms with Crippen LogP contribution in [0.4, 0.5) is 0 Å². The molecule has 7 heteroatoms. The maximum atomic E-state index is 12.4. The zero-order valence-electron chi connectivity index (χ0n) is 13.8. The van der Waals surface area contributed by atoms with Crippen LogP contribution in [0.5, 0.6) is 0 Å². The summed E-state index contributed by atoms with van der Waals surface area (Å²) in [5.41, 5.74) is 0.991. The zero-order valence-corrected chi connectivity index (χ0v) is 15.4. The summed E-state index contributed by atoms with van der Waals surface area (Å²) >= 11 is 3.16. The van der Waals surface area contributed by atoms with Crippen molar-refractivity contribution >= 4 is 39.2 Å². The molecule has 0 atom stereocenters. The van der Waals surface area contributed by atoms with Gasteiger partial charge in [0.05, 0.1) is 34.6 Å². The number of ether oxygens (including phenoxy) is 2. The van der Waals surface area contributed by atoms with E-state index in [9.17, 15) is 4.79 Å². The van der Waals surface area contributed by atoms with Crippen molar-refractivity contribution in [2.45, 2.75) is 24.0 Å². The molecule has 0 bridgehead atoms. The van der Waals surface area contributed by atoms with Crippen LogP contribution in [0.15, 0.2) is 28.6 Å². The second-order valence-corrected chi connectivity index (χ2v) is 9.22. The number of thiazole rings is 1. The number of fused-ring (bicyclic) bond motifs is 1. The first kappa shape index (κ1) is 16.3. The van der Waals surface area contributed by atoms with E-state index < -0.39 is 5.79 Å². The van der Waals surface area contributed by atoms with E-state index in [0.29, 0.717) is 19.0 Å². The van der Waals surface area contributed by atoms with Gasteiger partial charge in [-0.1, -0.05) is 23.9 Å². The Kier molecular flexibility index (Phi) is 4.07. The Labute approximate surface area is 149 Å². The highest BCUT2D eigenvalue weighted by Gasteiger charge is 2.49. The molecule has 128 valence electrons. The molecule has 0 radical (unpaired) electrons. The summed E-state index contributed by atoms with van der Waals surface area (Å²) < 4.78 is 13.6. The molecule has 2 aliphatic rings. The summed E-state index contributed by atoms with van der Waals surface area (Å²) in [5.74, 6) is 0.0938. The first-order valence-corrected chi connectivity index (χ1v) is 9.79. The van der Waals surface area contributed by atoms with Crippen molar-refractivity contribution in [2.75, 3.05) is 32.1 Å². The number of para-hydroxylation sites is 1. The minimum atomic E-state index is -0.502. The lowest BCUT2D eigenvalue weighted by molar-refractivity contribution is -0.302. The second kappa shape index (κ2) is 5.98. The van der Waals surface area contributed by atoms with Crippen LogP contribution in [0.2, 0.25) is 0 Å². The van der Waals surface area contributed by atoms with Crippen LogP contribution in [0.25, 0.3) is 10.2 Å². The summed E-state index contributed by atoms with van der Waals surface area (Å²) in [6.45, 7) is 6.63. The normalized spacial score (nSPS) is 21.8. The molecular weight excluding hydrogens is 344 g/mol. The molecule has 0 aliphatic carbocycles. The molecule has 1 amide bonds. The molecule has 2 saturated heterocycles. The van der Waals surface area contributed by atoms with E-state index in [1.165, 1.54) is 11.8 Å². The van der Waals surface area contributed by atoms with Gasteiger partial charge in [0, 0.05) is 13.1 Å². The van der Waals surface area contributed by atoms with E-state index in [1.807, 2.05) is 36.9 Å². The quantitative estimate of drug-likeness (QED) is 0.784. The molecule has 5 nitrogen and oxygen atoms in total. The van der Waals surface area contributed by atoms with Crippen molar-refractivity contribution in [3.05, 3.63) is 24.3 Å². The highest BCUT2D eigenvalue weighted by molar-refractivity contribution is 8.01. The van der Waals surface area contributed by atoms with E-state index in [4.69, 9.17) is 9.47 Å². The fraction of sp³-hybridized carbons (Fsp3) is 0.529. The fourth-order valence-electron chi connectivity index (χ4n) is 2.99. The number of carbonyl (C=O) groups is 1. The summed E-state index contributed by atoms with van der Waals surface area (Å²) in [7, 11) is 0. The number of benzene rings is 1. The van der Waals surface area contributed by atoms with Gasteiger partial charge in [-0.15, -0.1) is 11.3 Å². The first-order valence-electron chi connectivity index (χ1n) is 7.99. The Morgan fingerprint density at radius 3 is 2.71 bits per heavy atom. The smallest absolute Gasteiger partial charge is 0.233 e. The summed E-state index contributed by atoms with van der Waals surface area (Å²) in [6.07, 6.45) is 0. The van der Waals surface area contributed by atoms with Crippen LogP contribution in [0.1, 0.15) is 13.8 Å². The summed E-state index contributed by atoms with van der Waals surface area (Å²) in [4.78, 5) is 18.8. The molecule has 1 aromatic carbocycles. The molecular formula is C17H20N2O3S2. The fourth-order valence-corrected chi connectivity index (χ4v) is 4.96. The minimum absolute atomic E-state index is 0.00823. The summed E-state index contributed by atoms with van der Waals surface area (Å²) in [6, 6.07) is 8.05. The van der Waals surface area contributed by atoms with Gasteiger partial charge < -0.3 is 14.4 Å². The predicted molar refractivity (Wildman–Crippen MR) is 95.3 cm³/mol. The number of aromatic nitrogens is 1. The van der Waals surface area contributed by atoms with Gasteiger partial charge >= 0.3 is 0 Å². The number of nitrogens with zero attached hydrogens (tertiary/aromatic N) is 2. The molecule has 0 N–H and O–H groups in total. The maximum Gasteiger partial charge on any atom is 0.233 e. The molecule has 4 rings (SSSR count). The van der Waals surface area contributed by atoms with Gasteiger partial charge in [-0.05, 0) is 26.0 Å². The van der Waals surface area contributed by atoms with Crippen LogP contribution in [-0.4, -0.2) is 53.6 Å². The lowest BCUT2D eigenvalue weighted by Gasteiger charge is -2.54. The Morgan fingerprint density at radius 1 is 1.29 bits per heavy atom. The van der Waals surface area contributed by atoms with Gasteiger partial charge in [-0.25, -0.2) is 4.98 Å². The van der Waals surface area contributed by atoms with Crippen molar-refractivity contribution in [3.8, 4) is 0 Å². The molecule has 2 aromatic rings. The Bertz CT molecular complexity index is 723. The van der Waals surface area contributed by atoms with Gasteiger partial charge in [0.25, 0.3) is 0 Å². The Balaban J connectivity index is 1.29. The molecule has 24 heavy (non-hydrogen) atoms. The molecule has 3 heterocycles. The van der Waals surface area contributed by atoms with Crippen molar-refractivity contribution in [1.29, 1.82) is 0 Å². The largest absolute Gasteiger partial charge is 0.350 e. The van der Waals surface area contributed by atoms with Crippen LogP contribution in [0, 0.1) is 5.41 Å². The highest BCUT2D eigenvalue weighted by Crippen LogP contribution is 2.38. The van der Waals surface area contributed by atoms with Crippen molar-refractivity contribution in [1.82, 2.24) is 9.88 Å². The number of rotatable bonds is 3. The lowest BCUT2D eigenvalue weighted by Crippen LogP contribution is -2.66. The number of amides is 1. The van der Waals surface area contributed by atoms with E-state index in [2.05, 4.69) is 11.1 Å². The SMILES string of the molecule is CC1(C)OCC2(CO1)CN(C(=O)CSc1nc3ccccc3s1)C2. The van der Waals surface area contributed by atoms with Gasteiger partial charge in [-0.2, -0.15) is 0 Å².